The van der Waals surface area contributed by atoms with Crippen molar-refractivity contribution in [2.45, 2.75) is 38.3 Å². The van der Waals surface area contributed by atoms with Gasteiger partial charge in [0.15, 0.2) is 0 Å². The highest BCUT2D eigenvalue weighted by atomic mass is 16.3. The van der Waals surface area contributed by atoms with Crippen LogP contribution in [-0.4, -0.2) is 53.0 Å². The standard InChI is InChI=1S/C18H24N2O3/c1-19(12-16(21)14-7-8-14)18(23)15-5-2-4-13(10-15)11-20-9-3-6-17(20)22/h2,4-5,10,14,16,21H,3,6-9,11-12H2,1H3. The van der Waals surface area contributed by atoms with E-state index in [0.717, 1.165) is 31.4 Å². The number of amides is 2. The molecular formula is C18H24N2O3. The van der Waals surface area contributed by atoms with E-state index in [0.29, 0.717) is 31.0 Å². The van der Waals surface area contributed by atoms with Gasteiger partial charge in [0.2, 0.25) is 5.91 Å². The van der Waals surface area contributed by atoms with E-state index in [-0.39, 0.29) is 11.8 Å². The van der Waals surface area contributed by atoms with Gasteiger partial charge in [-0.1, -0.05) is 12.1 Å². The summed E-state index contributed by atoms with van der Waals surface area (Å²) in [4.78, 5) is 27.7. The Morgan fingerprint density at radius 1 is 1.43 bits per heavy atom. The Morgan fingerprint density at radius 2 is 2.22 bits per heavy atom. The van der Waals surface area contributed by atoms with Crippen LogP contribution in [-0.2, 0) is 11.3 Å². The zero-order valence-corrected chi connectivity index (χ0v) is 13.6. The molecule has 1 atom stereocenters. The fourth-order valence-electron chi connectivity index (χ4n) is 3.11. The molecule has 1 heterocycles. The Hall–Kier alpha value is -1.88. The summed E-state index contributed by atoms with van der Waals surface area (Å²) in [7, 11) is 1.73. The second kappa shape index (κ2) is 6.71. The third kappa shape index (κ3) is 3.91. The number of likely N-dealkylation sites (N-methyl/N-ethyl adjacent to an activating group) is 1. The normalized spacial score (nSPS) is 19.0. The maximum atomic E-state index is 12.5. The number of nitrogens with zero attached hydrogens (tertiary/aromatic N) is 2. The van der Waals surface area contributed by atoms with Gasteiger partial charge in [-0.05, 0) is 42.9 Å². The smallest absolute Gasteiger partial charge is 0.253 e. The molecule has 1 saturated carbocycles. The molecule has 0 spiro atoms. The molecule has 124 valence electrons. The van der Waals surface area contributed by atoms with Crippen molar-refractivity contribution >= 4 is 11.8 Å². The van der Waals surface area contributed by atoms with Gasteiger partial charge in [0, 0.05) is 38.7 Å². The molecule has 0 radical (unpaired) electrons. The fraction of sp³-hybridized carbons (Fsp3) is 0.556. The second-order valence-corrected chi connectivity index (χ2v) is 6.71. The van der Waals surface area contributed by atoms with Crippen LogP contribution in [0.4, 0.5) is 0 Å². The molecule has 1 N–H and O–H groups in total. The first-order valence-corrected chi connectivity index (χ1v) is 8.35. The Labute approximate surface area is 136 Å². The molecule has 1 aromatic carbocycles. The van der Waals surface area contributed by atoms with Gasteiger partial charge in [-0.15, -0.1) is 0 Å². The first-order chi connectivity index (χ1) is 11.0. The Bertz CT molecular complexity index is 598. The summed E-state index contributed by atoms with van der Waals surface area (Å²) < 4.78 is 0. The van der Waals surface area contributed by atoms with Gasteiger partial charge in [0.05, 0.1) is 6.10 Å². The molecule has 1 aliphatic carbocycles. The number of carbonyl (C=O) groups is 2. The lowest BCUT2D eigenvalue weighted by Gasteiger charge is -2.21. The van der Waals surface area contributed by atoms with Gasteiger partial charge in [-0.3, -0.25) is 9.59 Å². The molecule has 3 rings (SSSR count). The van der Waals surface area contributed by atoms with Gasteiger partial charge >= 0.3 is 0 Å². The SMILES string of the molecule is CN(CC(O)C1CC1)C(=O)c1cccc(CN2CCCC2=O)c1. The Morgan fingerprint density at radius 3 is 2.87 bits per heavy atom. The number of aliphatic hydroxyl groups excluding tert-OH is 1. The average Bonchev–Trinajstić information content (AvgIpc) is 3.32. The summed E-state index contributed by atoms with van der Waals surface area (Å²) in [6, 6.07) is 7.45. The summed E-state index contributed by atoms with van der Waals surface area (Å²) >= 11 is 0. The number of benzene rings is 1. The van der Waals surface area contributed by atoms with Gasteiger partial charge in [0.1, 0.15) is 0 Å². The van der Waals surface area contributed by atoms with E-state index in [2.05, 4.69) is 0 Å². The molecule has 1 unspecified atom stereocenters. The molecule has 1 aromatic rings. The predicted octanol–water partition coefficient (Wildman–Crippen LogP) is 1.65. The topological polar surface area (TPSA) is 60.9 Å². The lowest BCUT2D eigenvalue weighted by atomic mass is 10.1. The van der Waals surface area contributed by atoms with Crippen molar-refractivity contribution in [3.8, 4) is 0 Å². The monoisotopic (exact) mass is 316 g/mol. The van der Waals surface area contributed by atoms with Crippen LogP contribution in [0, 0.1) is 5.92 Å². The lowest BCUT2D eigenvalue weighted by Crippen LogP contribution is -2.35. The van der Waals surface area contributed by atoms with Crippen LogP contribution in [0.1, 0.15) is 41.6 Å². The van der Waals surface area contributed by atoms with Crippen molar-refractivity contribution in [1.82, 2.24) is 9.80 Å². The largest absolute Gasteiger partial charge is 0.391 e. The van der Waals surface area contributed by atoms with Crippen molar-refractivity contribution in [2.75, 3.05) is 20.1 Å². The molecule has 2 aliphatic rings. The first kappa shape index (κ1) is 16.0. The van der Waals surface area contributed by atoms with Gasteiger partial charge in [0.25, 0.3) is 5.91 Å². The summed E-state index contributed by atoms with van der Waals surface area (Å²) in [5.41, 5.74) is 1.59. The molecule has 2 fully saturated rings. The van der Waals surface area contributed by atoms with E-state index in [1.807, 2.05) is 23.1 Å². The van der Waals surface area contributed by atoms with E-state index in [1.54, 1.807) is 18.0 Å². The summed E-state index contributed by atoms with van der Waals surface area (Å²) in [5.74, 6) is 0.462. The van der Waals surface area contributed by atoms with Crippen LogP contribution in [0.15, 0.2) is 24.3 Å². The van der Waals surface area contributed by atoms with Gasteiger partial charge < -0.3 is 14.9 Å². The van der Waals surface area contributed by atoms with Crippen LogP contribution in [0.25, 0.3) is 0 Å². The van der Waals surface area contributed by atoms with Crippen molar-refractivity contribution in [3.63, 3.8) is 0 Å². The number of likely N-dealkylation sites (tertiary alicyclic amines) is 1. The molecule has 23 heavy (non-hydrogen) atoms. The van der Waals surface area contributed by atoms with Crippen LogP contribution in [0.3, 0.4) is 0 Å². The number of aliphatic hydroxyl groups is 1. The Kier molecular flexibility index (Phi) is 4.66. The molecule has 1 saturated heterocycles. The van der Waals surface area contributed by atoms with E-state index >= 15 is 0 Å². The maximum Gasteiger partial charge on any atom is 0.253 e. The van der Waals surface area contributed by atoms with Crippen molar-refractivity contribution < 1.29 is 14.7 Å². The number of rotatable bonds is 6. The van der Waals surface area contributed by atoms with E-state index in [9.17, 15) is 14.7 Å². The zero-order chi connectivity index (χ0) is 16.4. The molecule has 0 bridgehead atoms. The fourth-order valence-corrected chi connectivity index (χ4v) is 3.11. The summed E-state index contributed by atoms with van der Waals surface area (Å²) in [6.45, 7) is 1.73. The second-order valence-electron chi connectivity index (χ2n) is 6.71. The number of hydrogen-bond donors (Lipinski definition) is 1. The van der Waals surface area contributed by atoms with Gasteiger partial charge in [-0.25, -0.2) is 0 Å². The molecule has 5 nitrogen and oxygen atoms in total. The average molecular weight is 316 g/mol. The minimum Gasteiger partial charge on any atom is -0.391 e. The molecule has 0 aromatic heterocycles. The highest BCUT2D eigenvalue weighted by Crippen LogP contribution is 2.32. The number of hydrogen-bond acceptors (Lipinski definition) is 3. The van der Waals surface area contributed by atoms with Crippen LogP contribution in [0.2, 0.25) is 0 Å². The van der Waals surface area contributed by atoms with Crippen LogP contribution < -0.4 is 0 Å². The third-order valence-corrected chi connectivity index (χ3v) is 4.69. The molecule has 1 aliphatic heterocycles. The Balaban J connectivity index is 1.63. The van der Waals surface area contributed by atoms with Crippen LogP contribution >= 0.6 is 0 Å². The summed E-state index contributed by atoms with van der Waals surface area (Å²) in [6.07, 6.45) is 3.24. The van der Waals surface area contributed by atoms with E-state index in [1.165, 1.54) is 0 Å². The highest BCUT2D eigenvalue weighted by Gasteiger charge is 2.31. The summed E-state index contributed by atoms with van der Waals surface area (Å²) in [5, 5.41) is 9.99. The molecular weight excluding hydrogens is 292 g/mol. The van der Waals surface area contributed by atoms with Crippen molar-refractivity contribution in [2.24, 2.45) is 5.92 Å². The van der Waals surface area contributed by atoms with Crippen molar-refractivity contribution in [1.29, 1.82) is 0 Å². The zero-order valence-electron chi connectivity index (χ0n) is 13.6. The number of carbonyl (C=O) groups excluding carboxylic acids is 2. The molecule has 2 amide bonds. The van der Waals surface area contributed by atoms with Crippen LogP contribution in [0.5, 0.6) is 0 Å². The third-order valence-electron chi connectivity index (χ3n) is 4.69. The molecule has 5 heteroatoms. The van der Waals surface area contributed by atoms with E-state index in [4.69, 9.17) is 0 Å². The quantitative estimate of drug-likeness (QED) is 0.868. The minimum absolute atomic E-state index is 0.0840. The maximum absolute atomic E-state index is 12.5. The lowest BCUT2D eigenvalue weighted by molar-refractivity contribution is -0.128. The van der Waals surface area contributed by atoms with Gasteiger partial charge in [-0.2, -0.15) is 0 Å². The van der Waals surface area contributed by atoms with Crippen molar-refractivity contribution in [3.05, 3.63) is 35.4 Å². The highest BCUT2D eigenvalue weighted by molar-refractivity contribution is 5.94. The minimum atomic E-state index is -0.422. The first-order valence-electron chi connectivity index (χ1n) is 8.35. The van der Waals surface area contributed by atoms with E-state index < -0.39 is 6.10 Å². The predicted molar refractivity (Wildman–Crippen MR) is 86.8 cm³/mol.